The zero-order valence-corrected chi connectivity index (χ0v) is 9.96. The molecule has 0 aliphatic heterocycles. The fourth-order valence-electron chi connectivity index (χ4n) is 1.18. The van der Waals surface area contributed by atoms with Crippen LogP contribution in [-0.2, 0) is 15.5 Å². The average Bonchev–Trinajstić information content (AvgIpc) is 2.07. The third kappa shape index (κ3) is 2.87. The van der Waals surface area contributed by atoms with E-state index in [1.165, 1.54) is 6.07 Å². The first kappa shape index (κ1) is 11.8. The number of aryl methyl sites for hydroxylation is 1. The average molecular weight is 253 g/mol. The zero-order valence-electron chi connectivity index (χ0n) is 7.63. The largest absolute Gasteiger partial charge is 0.262 e. The van der Waals surface area contributed by atoms with Crippen molar-refractivity contribution in [2.45, 2.75) is 24.7 Å². The quantitative estimate of drug-likeness (QED) is 0.775. The maximum atomic E-state index is 11.1. The van der Waals surface area contributed by atoms with Gasteiger partial charge in [-0.2, -0.15) is 0 Å². The fourth-order valence-corrected chi connectivity index (χ4v) is 2.70. The highest BCUT2D eigenvalue weighted by molar-refractivity contribution is 8.13. The van der Waals surface area contributed by atoms with Crippen LogP contribution in [0.25, 0.3) is 0 Å². The van der Waals surface area contributed by atoms with Crippen molar-refractivity contribution >= 4 is 31.3 Å². The van der Waals surface area contributed by atoms with E-state index in [0.29, 0.717) is 0 Å². The molecule has 0 radical (unpaired) electrons. The van der Waals surface area contributed by atoms with Crippen molar-refractivity contribution in [3.05, 3.63) is 28.8 Å². The Morgan fingerprint density at radius 3 is 2.50 bits per heavy atom. The molecular weight excluding hydrogens is 243 g/mol. The van der Waals surface area contributed by atoms with Crippen LogP contribution in [0.15, 0.2) is 23.1 Å². The van der Waals surface area contributed by atoms with E-state index in [2.05, 4.69) is 0 Å². The van der Waals surface area contributed by atoms with Crippen molar-refractivity contribution in [2.24, 2.45) is 0 Å². The summed E-state index contributed by atoms with van der Waals surface area (Å²) < 4.78 is 22.2. The second-order valence-corrected chi connectivity index (χ2v) is 5.89. The summed E-state index contributed by atoms with van der Waals surface area (Å²) in [5, 5.41) is 0.167. The van der Waals surface area contributed by atoms with Crippen LogP contribution in [-0.4, -0.2) is 8.42 Å². The molecule has 1 aromatic rings. The van der Waals surface area contributed by atoms with Gasteiger partial charge in [-0.25, -0.2) is 8.42 Å². The van der Waals surface area contributed by atoms with Gasteiger partial charge in [0, 0.05) is 10.7 Å². The first-order chi connectivity index (χ1) is 6.45. The van der Waals surface area contributed by atoms with Gasteiger partial charge in [-0.15, -0.1) is 0 Å². The van der Waals surface area contributed by atoms with Crippen LogP contribution >= 0.6 is 22.3 Å². The Morgan fingerprint density at radius 2 is 2.00 bits per heavy atom. The molecule has 0 aliphatic rings. The number of hydrogen-bond donors (Lipinski definition) is 0. The first-order valence-electron chi connectivity index (χ1n) is 4.18. The number of rotatable bonds is 3. The van der Waals surface area contributed by atoms with Crippen molar-refractivity contribution in [3.8, 4) is 0 Å². The maximum absolute atomic E-state index is 11.1. The molecule has 5 heteroatoms. The SMILES string of the molecule is CCCc1ccc(Cl)c(S(=O)(=O)Cl)c1. The molecule has 0 saturated heterocycles. The normalized spacial score (nSPS) is 11.6. The van der Waals surface area contributed by atoms with E-state index < -0.39 is 9.05 Å². The summed E-state index contributed by atoms with van der Waals surface area (Å²) >= 11 is 5.72. The summed E-state index contributed by atoms with van der Waals surface area (Å²) in [5.74, 6) is 0. The van der Waals surface area contributed by atoms with Gasteiger partial charge in [0.25, 0.3) is 9.05 Å². The predicted octanol–water partition coefficient (Wildman–Crippen LogP) is 3.22. The first-order valence-corrected chi connectivity index (χ1v) is 6.87. The molecule has 0 bridgehead atoms. The molecule has 0 aliphatic carbocycles. The summed E-state index contributed by atoms with van der Waals surface area (Å²) in [6.45, 7) is 2.02. The minimum atomic E-state index is -3.73. The third-order valence-electron chi connectivity index (χ3n) is 1.80. The Bertz CT molecular complexity index is 426. The third-order valence-corrected chi connectivity index (χ3v) is 3.60. The number of benzene rings is 1. The lowest BCUT2D eigenvalue weighted by Crippen LogP contribution is -1.94. The van der Waals surface area contributed by atoms with Gasteiger partial charge in [0.15, 0.2) is 0 Å². The monoisotopic (exact) mass is 252 g/mol. The van der Waals surface area contributed by atoms with Crippen LogP contribution in [0.5, 0.6) is 0 Å². The van der Waals surface area contributed by atoms with Crippen LogP contribution in [0.4, 0.5) is 0 Å². The summed E-state index contributed by atoms with van der Waals surface area (Å²) in [4.78, 5) is -0.00761. The van der Waals surface area contributed by atoms with Gasteiger partial charge in [0.05, 0.1) is 5.02 Å². The predicted molar refractivity (Wildman–Crippen MR) is 58.5 cm³/mol. The molecule has 1 rings (SSSR count). The van der Waals surface area contributed by atoms with Crippen molar-refractivity contribution < 1.29 is 8.42 Å². The Morgan fingerprint density at radius 1 is 1.36 bits per heavy atom. The van der Waals surface area contributed by atoms with E-state index >= 15 is 0 Å². The minimum absolute atomic E-state index is 0.00761. The summed E-state index contributed by atoms with van der Waals surface area (Å²) in [7, 11) is 1.49. The summed E-state index contributed by atoms with van der Waals surface area (Å²) in [6, 6.07) is 4.88. The molecule has 0 spiro atoms. The van der Waals surface area contributed by atoms with Crippen LogP contribution in [0.3, 0.4) is 0 Å². The van der Waals surface area contributed by atoms with E-state index in [0.717, 1.165) is 18.4 Å². The molecule has 14 heavy (non-hydrogen) atoms. The molecule has 0 unspecified atom stereocenters. The van der Waals surface area contributed by atoms with E-state index in [4.69, 9.17) is 22.3 Å². The standard InChI is InChI=1S/C9H10Cl2O2S/c1-2-3-7-4-5-8(10)9(6-7)14(11,12)13/h4-6H,2-3H2,1H3. The zero-order chi connectivity index (χ0) is 10.8. The molecule has 0 saturated carbocycles. The second kappa shape index (κ2) is 4.51. The molecule has 0 amide bonds. The number of halogens is 2. The summed E-state index contributed by atoms with van der Waals surface area (Å²) in [6.07, 6.45) is 1.76. The van der Waals surface area contributed by atoms with Gasteiger partial charge < -0.3 is 0 Å². The summed E-state index contributed by atoms with van der Waals surface area (Å²) in [5.41, 5.74) is 0.927. The Hall–Kier alpha value is -0.250. The highest BCUT2D eigenvalue weighted by Gasteiger charge is 2.14. The molecule has 0 atom stereocenters. The second-order valence-electron chi connectivity index (χ2n) is 2.95. The Kier molecular flexibility index (Phi) is 3.81. The lowest BCUT2D eigenvalue weighted by Gasteiger charge is -2.03. The lowest BCUT2D eigenvalue weighted by molar-refractivity contribution is 0.609. The van der Waals surface area contributed by atoms with E-state index in [-0.39, 0.29) is 9.92 Å². The van der Waals surface area contributed by atoms with Gasteiger partial charge in [0.1, 0.15) is 4.90 Å². The van der Waals surface area contributed by atoms with Crippen molar-refractivity contribution in [2.75, 3.05) is 0 Å². The minimum Gasteiger partial charge on any atom is -0.207 e. The van der Waals surface area contributed by atoms with Crippen LogP contribution in [0, 0.1) is 0 Å². The molecule has 1 aromatic carbocycles. The molecule has 0 fully saturated rings. The Balaban J connectivity index is 3.22. The van der Waals surface area contributed by atoms with Crippen molar-refractivity contribution in [1.29, 1.82) is 0 Å². The molecule has 78 valence electrons. The van der Waals surface area contributed by atoms with Crippen LogP contribution < -0.4 is 0 Å². The molecule has 0 N–H and O–H groups in total. The Labute approximate surface area is 93.3 Å². The van der Waals surface area contributed by atoms with Gasteiger partial charge in [0.2, 0.25) is 0 Å². The van der Waals surface area contributed by atoms with Gasteiger partial charge in [-0.3, -0.25) is 0 Å². The van der Waals surface area contributed by atoms with Gasteiger partial charge in [-0.1, -0.05) is 31.0 Å². The maximum Gasteiger partial charge on any atom is 0.262 e. The molecular formula is C9H10Cl2O2S. The van der Waals surface area contributed by atoms with Crippen LogP contribution in [0.2, 0.25) is 5.02 Å². The van der Waals surface area contributed by atoms with E-state index in [1.54, 1.807) is 12.1 Å². The smallest absolute Gasteiger partial charge is 0.207 e. The van der Waals surface area contributed by atoms with Crippen molar-refractivity contribution in [1.82, 2.24) is 0 Å². The lowest BCUT2D eigenvalue weighted by atomic mass is 10.1. The highest BCUT2D eigenvalue weighted by atomic mass is 35.7. The molecule has 0 heterocycles. The molecule has 2 nitrogen and oxygen atoms in total. The van der Waals surface area contributed by atoms with E-state index in [9.17, 15) is 8.42 Å². The highest BCUT2D eigenvalue weighted by Crippen LogP contribution is 2.26. The van der Waals surface area contributed by atoms with E-state index in [1.807, 2.05) is 6.92 Å². The topological polar surface area (TPSA) is 34.1 Å². The fraction of sp³-hybridized carbons (Fsp3) is 0.333. The van der Waals surface area contributed by atoms with Gasteiger partial charge >= 0.3 is 0 Å². The number of hydrogen-bond acceptors (Lipinski definition) is 2. The van der Waals surface area contributed by atoms with Crippen molar-refractivity contribution in [3.63, 3.8) is 0 Å². The van der Waals surface area contributed by atoms with Gasteiger partial charge in [-0.05, 0) is 24.1 Å². The van der Waals surface area contributed by atoms with Crippen LogP contribution in [0.1, 0.15) is 18.9 Å². The molecule has 0 aromatic heterocycles.